The van der Waals surface area contributed by atoms with Gasteiger partial charge in [-0.3, -0.25) is 10.1 Å². The molecule has 0 heterocycles. The Labute approximate surface area is 104 Å². The highest BCUT2D eigenvalue weighted by Crippen LogP contribution is 2.15. The lowest BCUT2D eigenvalue weighted by atomic mass is 10.2. The molecular formula is C13H13NO4. The molecule has 0 aliphatic heterocycles. The van der Waals surface area contributed by atoms with Crippen molar-refractivity contribution >= 4 is 5.69 Å². The first-order valence-corrected chi connectivity index (χ1v) is 5.18. The average molecular weight is 247 g/mol. The van der Waals surface area contributed by atoms with Crippen molar-refractivity contribution < 1.29 is 15.1 Å². The van der Waals surface area contributed by atoms with Crippen molar-refractivity contribution in [3.8, 4) is 11.5 Å². The predicted octanol–water partition coefficient (Wildman–Crippen LogP) is 3.00. The van der Waals surface area contributed by atoms with Crippen molar-refractivity contribution in [1.29, 1.82) is 0 Å². The Hall–Kier alpha value is -2.56. The van der Waals surface area contributed by atoms with Gasteiger partial charge in [-0.05, 0) is 31.2 Å². The lowest BCUT2D eigenvalue weighted by Gasteiger charge is -1.89. The number of hydrogen-bond acceptors (Lipinski definition) is 4. The molecular weight excluding hydrogens is 234 g/mol. The SMILES string of the molecule is Cc1ccc(O)cc1.O=[N+]([O-])c1ccc(O)cc1. The van der Waals surface area contributed by atoms with Gasteiger partial charge in [0.2, 0.25) is 0 Å². The van der Waals surface area contributed by atoms with E-state index in [1.165, 1.54) is 29.8 Å². The molecule has 0 saturated carbocycles. The maximum atomic E-state index is 10.0. The molecule has 0 fully saturated rings. The lowest BCUT2D eigenvalue weighted by Crippen LogP contribution is -1.85. The standard InChI is InChI=1S/C7H8O.C6H5NO3/c1-6-2-4-7(8)5-3-6;8-6-3-1-5(2-4-6)7(9)10/h2-5,8H,1H3;1-4,8H. The smallest absolute Gasteiger partial charge is 0.269 e. The third-order valence-corrected chi connectivity index (χ3v) is 2.09. The van der Waals surface area contributed by atoms with Gasteiger partial charge >= 0.3 is 0 Å². The fourth-order valence-corrected chi connectivity index (χ4v) is 1.12. The monoisotopic (exact) mass is 247 g/mol. The van der Waals surface area contributed by atoms with Gasteiger partial charge < -0.3 is 10.2 Å². The zero-order chi connectivity index (χ0) is 13.5. The summed E-state index contributed by atoms with van der Waals surface area (Å²) in [5.74, 6) is 0.362. The first-order valence-electron chi connectivity index (χ1n) is 5.18. The minimum absolute atomic E-state index is 0.0159. The average Bonchev–Trinajstić information content (AvgIpc) is 2.34. The van der Waals surface area contributed by atoms with Crippen molar-refractivity contribution in [2.24, 2.45) is 0 Å². The van der Waals surface area contributed by atoms with Gasteiger partial charge in [0.15, 0.2) is 0 Å². The molecule has 2 N–H and O–H groups in total. The van der Waals surface area contributed by atoms with Crippen molar-refractivity contribution in [2.45, 2.75) is 6.92 Å². The van der Waals surface area contributed by atoms with Crippen LogP contribution < -0.4 is 0 Å². The lowest BCUT2D eigenvalue weighted by molar-refractivity contribution is -0.384. The van der Waals surface area contributed by atoms with E-state index in [4.69, 9.17) is 10.2 Å². The molecule has 2 aromatic rings. The van der Waals surface area contributed by atoms with E-state index >= 15 is 0 Å². The fourth-order valence-electron chi connectivity index (χ4n) is 1.12. The molecule has 2 aromatic carbocycles. The number of nitro groups is 1. The van der Waals surface area contributed by atoms with E-state index in [1.54, 1.807) is 12.1 Å². The van der Waals surface area contributed by atoms with Crippen molar-refractivity contribution in [3.63, 3.8) is 0 Å². The van der Waals surface area contributed by atoms with Crippen molar-refractivity contribution in [3.05, 3.63) is 64.2 Å². The van der Waals surface area contributed by atoms with E-state index in [0.717, 1.165) is 0 Å². The van der Waals surface area contributed by atoms with Gasteiger partial charge in [-0.25, -0.2) is 0 Å². The first kappa shape index (κ1) is 13.5. The number of nitro benzene ring substituents is 1. The Morgan fingerprint density at radius 2 is 1.28 bits per heavy atom. The second-order valence-electron chi connectivity index (χ2n) is 3.61. The van der Waals surface area contributed by atoms with E-state index in [0.29, 0.717) is 5.75 Å². The molecule has 0 spiro atoms. The number of aryl methyl sites for hydroxylation is 1. The summed E-state index contributed by atoms with van der Waals surface area (Å²) in [6, 6.07) is 12.1. The highest BCUT2D eigenvalue weighted by atomic mass is 16.6. The van der Waals surface area contributed by atoms with E-state index in [2.05, 4.69) is 0 Å². The van der Waals surface area contributed by atoms with Gasteiger partial charge in [-0.1, -0.05) is 17.7 Å². The Morgan fingerprint density at radius 3 is 1.61 bits per heavy atom. The first-order chi connectivity index (χ1) is 8.49. The summed E-state index contributed by atoms with van der Waals surface area (Å²) in [5, 5.41) is 27.5. The Balaban J connectivity index is 0.000000184. The van der Waals surface area contributed by atoms with Crippen LogP contribution in [0, 0.1) is 17.0 Å². The molecule has 18 heavy (non-hydrogen) atoms. The third-order valence-electron chi connectivity index (χ3n) is 2.09. The molecule has 0 bridgehead atoms. The number of aromatic hydroxyl groups is 2. The Bertz CT molecular complexity index is 485. The van der Waals surface area contributed by atoms with Crippen molar-refractivity contribution in [2.75, 3.05) is 0 Å². The molecule has 0 saturated heterocycles. The van der Waals surface area contributed by atoms with Crippen LogP contribution in [0.1, 0.15) is 5.56 Å². The van der Waals surface area contributed by atoms with Crippen LogP contribution in [0.25, 0.3) is 0 Å². The summed E-state index contributed by atoms with van der Waals surface area (Å²) < 4.78 is 0. The van der Waals surface area contributed by atoms with Crippen LogP contribution in [0.4, 0.5) is 5.69 Å². The fraction of sp³-hybridized carbons (Fsp3) is 0.0769. The van der Waals surface area contributed by atoms with Crippen LogP contribution in [0.2, 0.25) is 0 Å². The Morgan fingerprint density at radius 1 is 0.889 bits per heavy atom. The number of hydrogen-bond donors (Lipinski definition) is 2. The summed E-state index contributed by atoms with van der Waals surface area (Å²) in [7, 11) is 0. The predicted molar refractivity (Wildman–Crippen MR) is 67.6 cm³/mol. The largest absolute Gasteiger partial charge is 0.508 e. The quantitative estimate of drug-likeness (QED) is 0.599. The molecule has 0 aliphatic rings. The molecule has 0 atom stereocenters. The van der Waals surface area contributed by atoms with Gasteiger partial charge in [0.05, 0.1) is 4.92 Å². The normalized spacial score (nSPS) is 9.17. The molecule has 94 valence electrons. The molecule has 5 heteroatoms. The number of rotatable bonds is 1. The van der Waals surface area contributed by atoms with Gasteiger partial charge in [-0.2, -0.15) is 0 Å². The summed E-state index contributed by atoms with van der Waals surface area (Å²) >= 11 is 0. The van der Waals surface area contributed by atoms with Crippen LogP contribution in [-0.2, 0) is 0 Å². The second kappa shape index (κ2) is 6.24. The van der Waals surface area contributed by atoms with Gasteiger partial charge in [0, 0.05) is 12.1 Å². The van der Waals surface area contributed by atoms with Crippen LogP contribution in [-0.4, -0.2) is 15.1 Å². The molecule has 0 aliphatic carbocycles. The van der Waals surface area contributed by atoms with Crippen LogP contribution >= 0.6 is 0 Å². The third kappa shape index (κ3) is 4.52. The minimum atomic E-state index is -0.514. The second-order valence-corrected chi connectivity index (χ2v) is 3.61. The van der Waals surface area contributed by atoms with Gasteiger partial charge in [0.25, 0.3) is 5.69 Å². The number of phenols is 2. The van der Waals surface area contributed by atoms with E-state index in [1.807, 2.05) is 19.1 Å². The van der Waals surface area contributed by atoms with Crippen LogP contribution in [0.3, 0.4) is 0 Å². The molecule has 2 rings (SSSR count). The maximum absolute atomic E-state index is 10.0. The highest BCUT2D eigenvalue weighted by Gasteiger charge is 2.01. The van der Waals surface area contributed by atoms with Crippen molar-refractivity contribution in [1.82, 2.24) is 0 Å². The number of nitrogens with zero attached hydrogens (tertiary/aromatic N) is 1. The molecule has 0 unspecified atom stereocenters. The van der Waals surface area contributed by atoms with Gasteiger partial charge in [-0.15, -0.1) is 0 Å². The van der Waals surface area contributed by atoms with E-state index in [9.17, 15) is 10.1 Å². The number of phenolic OH excluding ortho intramolecular Hbond substituents is 2. The highest BCUT2D eigenvalue weighted by molar-refractivity contribution is 5.35. The summed E-state index contributed by atoms with van der Waals surface area (Å²) in [4.78, 5) is 9.52. The van der Waals surface area contributed by atoms with Gasteiger partial charge in [0.1, 0.15) is 11.5 Å². The topological polar surface area (TPSA) is 83.6 Å². The number of benzene rings is 2. The maximum Gasteiger partial charge on any atom is 0.269 e. The molecule has 0 radical (unpaired) electrons. The number of non-ortho nitro benzene ring substituents is 1. The summed E-state index contributed by atoms with van der Waals surface area (Å²) in [5.41, 5.74) is 1.15. The van der Waals surface area contributed by atoms with Crippen LogP contribution in [0.5, 0.6) is 11.5 Å². The molecule has 0 amide bonds. The molecule has 0 aromatic heterocycles. The zero-order valence-electron chi connectivity index (χ0n) is 9.78. The summed E-state index contributed by atoms with van der Waals surface area (Å²) in [6.07, 6.45) is 0. The van der Waals surface area contributed by atoms with Crippen LogP contribution in [0.15, 0.2) is 48.5 Å². The molecule has 5 nitrogen and oxygen atoms in total. The Kier molecular flexibility index (Phi) is 4.68. The van der Waals surface area contributed by atoms with E-state index < -0.39 is 4.92 Å². The van der Waals surface area contributed by atoms with E-state index in [-0.39, 0.29) is 11.4 Å². The summed E-state index contributed by atoms with van der Waals surface area (Å²) in [6.45, 7) is 1.99. The minimum Gasteiger partial charge on any atom is -0.508 e. The zero-order valence-corrected chi connectivity index (χ0v) is 9.78.